The number of hydrogen-bond acceptors (Lipinski definition) is 4. The minimum atomic E-state index is -0.245. The number of para-hydroxylation sites is 2. The monoisotopic (exact) mass is 634 g/mol. The van der Waals surface area contributed by atoms with Gasteiger partial charge in [0, 0.05) is 35.7 Å². The molecule has 0 aliphatic carbocycles. The van der Waals surface area contributed by atoms with E-state index in [1.165, 1.54) is 13.1 Å². The third-order valence-electron chi connectivity index (χ3n) is 7.31. The van der Waals surface area contributed by atoms with Gasteiger partial charge in [-0.15, -0.1) is 11.3 Å². The number of carbonyl (C=O) groups is 1. The van der Waals surface area contributed by atoms with E-state index in [0.29, 0.717) is 12.5 Å². The Balaban J connectivity index is 0.00000304. The Bertz CT molecular complexity index is 1100. The van der Waals surface area contributed by atoms with Gasteiger partial charge in [0.1, 0.15) is 12.3 Å². The molecule has 1 amide bonds. The van der Waals surface area contributed by atoms with Crippen molar-refractivity contribution in [2.45, 2.75) is 31.9 Å². The largest absolute Gasteiger partial charge is 1.00 e. The molecule has 2 bridgehead atoms. The topological polar surface area (TPSA) is 38.8 Å². The van der Waals surface area contributed by atoms with Gasteiger partial charge in [-0.3, -0.25) is 4.90 Å². The molecule has 3 aliphatic rings. The number of thiophene rings is 1. The summed E-state index contributed by atoms with van der Waals surface area (Å²) >= 11 is 5.18. The van der Waals surface area contributed by atoms with E-state index in [0.717, 1.165) is 63.5 Å². The maximum absolute atomic E-state index is 13.5. The zero-order valence-corrected chi connectivity index (χ0v) is 24.2. The van der Waals surface area contributed by atoms with Gasteiger partial charge >= 0.3 is 6.09 Å². The van der Waals surface area contributed by atoms with Crippen molar-refractivity contribution in [3.63, 3.8) is 0 Å². The molecule has 3 aliphatic heterocycles. The highest BCUT2D eigenvalue weighted by Crippen LogP contribution is 2.36. The van der Waals surface area contributed by atoms with E-state index in [1.807, 2.05) is 66.7 Å². The fourth-order valence-electron chi connectivity index (χ4n) is 5.43. The average molecular weight is 636 g/mol. The SMILES string of the molecule is O=C(O[C@H]1C[N+]2(CCCOc3ccccc3)CCC1CC2)N(Cc1ccc(Br)s1)c1ccccc1.[Br-]. The summed E-state index contributed by atoms with van der Waals surface area (Å²) in [5.41, 5.74) is 0.866. The van der Waals surface area contributed by atoms with E-state index in [1.54, 1.807) is 16.2 Å². The van der Waals surface area contributed by atoms with E-state index in [-0.39, 0.29) is 29.2 Å². The summed E-state index contributed by atoms with van der Waals surface area (Å²) in [7, 11) is 0. The summed E-state index contributed by atoms with van der Waals surface area (Å²) in [5, 5.41) is 0. The van der Waals surface area contributed by atoms with Crippen molar-refractivity contribution in [3.8, 4) is 5.75 Å². The maximum atomic E-state index is 13.5. The molecule has 8 heteroatoms. The Kier molecular flexibility index (Phi) is 9.50. The van der Waals surface area contributed by atoms with Crippen LogP contribution in [0.3, 0.4) is 0 Å². The number of rotatable bonds is 9. The molecule has 0 N–H and O–H groups in total. The lowest BCUT2D eigenvalue weighted by Crippen LogP contribution is -3.00. The van der Waals surface area contributed by atoms with Gasteiger partial charge in [0.15, 0.2) is 6.10 Å². The molecule has 1 aromatic heterocycles. The van der Waals surface area contributed by atoms with Crippen LogP contribution in [-0.2, 0) is 11.3 Å². The van der Waals surface area contributed by atoms with Crippen LogP contribution in [0.5, 0.6) is 5.75 Å². The number of quaternary nitrogens is 1. The van der Waals surface area contributed by atoms with Crippen LogP contribution in [0, 0.1) is 5.92 Å². The van der Waals surface area contributed by atoms with E-state index in [2.05, 4.69) is 22.0 Å². The van der Waals surface area contributed by atoms with E-state index < -0.39 is 0 Å². The Hall–Kier alpha value is -1.87. The lowest BCUT2D eigenvalue weighted by molar-refractivity contribution is -0.946. The molecule has 4 heterocycles. The van der Waals surface area contributed by atoms with Gasteiger partial charge < -0.3 is 30.9 Å². The first-order chi connectivity index (χ1) is 17.1. The van der Waals surface area contributed by atoms with Crippen LogP contribution >= 0.6 is 27.3 Å². The molecular formula is C28H32Br2N2O3S. The molecule has 5 nitrogen and oxygen atoms in total. The normalized spacial score (nSPS) is 22.5. The number of fused-ring (bicyclic) bond motifs is 3. The highest BCUT2D eigenvalue weighted by molar-refractivity contribution is 9.11. The molecule has 3 aromatic rings. The van der Waals surface area contributed by atoms with Crippen LogP contribution in [0.2, 0.25) is 0 Å². The zero-order valence-electron chi connectivity index (χ0n) is 20.2. The van der Waals surface area contributed by atoms with E-state index in [9.17, 15) is 4.79 Å². The van der Waals surface area contributed by atoms with Crippen LogP contribution < -0.4 is 26.6 Å². The Morgan fingerprint density at radius 3 is 2.36 bits per heavy atom. The molecule has 192 valence electrons. The molecule has 3 fully saturated rings. The second-order valence-corrected chi connectivity index (χ2v) is 12.1. The molecule has 36 heavy (non-hydrogen) atoms. The summed E-state index contributed by atoms with van der Waals surface area (Å²) in [4.78, 5) is 16.4. The second-order valence-electron chi connectivity index (χ2n) is 9.60. The van der Waals surface area contributed by atoms with Crippen LogP contribution in [0.25, 0.3) is 0 Å². The number of anilines is 1. The van der Waals surface area contributed by atoms with Gasteiger partial charge in [-0.05, 0) is 52.3 Å². The van der Waals surface area contributed by atoms with Crippen molar-refractivity contribution in [3.05, 3.63) is 81.5 Å². The smallest absolute Gasteiger partial charge is 0.415 e. The molecule has 0 saturated carbocycles. The van der Waals surface area contributed by atoms with Crippen LogP contribution in [0.4, 0.5) is 10.5 Å². The molecule has 0 unspecified atom stereocenters. The van der Waals surface area contributed by atoms with Gasteiger partial charge in [-0.25, -0.2) is 4.79 Å². The number of nitrogens with zero attached hydrogens (tertiary/aromatic N) is 2. The fourth-order valence-corrected chi connectivity index (χ4v) is 6.90. The Morgan fingerprint density at radius 2 is 1.69 bits per heavy atom. The fraction of sp³-hybridized carbons (Fsp3) is 0.393. The van der Waals surface area contributed by atoms with Crippen molar-refractivity contribution in [2.24, 2.45) is 5.92 Å². The Labute approximate surface area is 236 Å². The first-order valence-electron chi connectivity index (χ1n) is 12.4. The van der Waals surface area contributed by atoms with Gasteiger partial charge in [0.2, 0.25) is 0 Å². The highest BCUT2D eigenvalue weighted by Gasteiger charge is 2.47. The lowest BCUT2D eigenvalue weighted by atomic mass is 9.83. The van der Waals surface area contributed by atoms with Gasteiger partial charge in [-0.1, -0.05) is 36.4 Å². The number of amides is 1. The molecule has 1 atom stereocenters. The molecule has 2 aromatic carbocycles. The molecular weight excluding hydrogens is 604 g/mol. The van der Waals surface area contributed by atoms with Crippen molar-refractivity contribution in [1.82, 2.24) is 0 Å². The van der Waals surface area contributed by atoms with Gasteiger partial charge in [-0.2, -0.15) is 0 Å². The average Bonchev–Trinajstić information content (AvgIpc) is 3.31. The number of carbonyl (C=O) groups excluding carboxylic acids is 1. The van der Waals surface area contributed by atoms with Crippen molar-refractivity contribution >= 4 is 39.0 Å². The van der Waals surface area contributed by atoms with Crippen molar-refractivity contribution in [1.29, 1.82) is 0 Å². The predicted octanol–water partition coefficient (Wildman–Crippen LogP) is 3.74. The number of piperidine rings is 3. The van der Waals surface area contributed by atoms with Crippen LogP contribution in [0.1, 0.15) is 24.1 Å². The summed E-state index contributed by atoms with van der Waals surface area (Å²) in [6, 6.07) is 23.9. The lowest BCUT2D eigenvalue weighted by Gasteiger charge is -2.52. The standard InChI is InChI=1S/C28H32BrN2O3S.BrH/c29-27-13-12-25(35-27)20-30(23-8-3-1-4-9-23)28(32)34-26-21-31(17-14-22(26)15-18-31)16-7-19-33-24-10-5-2-6-11-24;/h1-6,8-13,22,26H,7,14-21H2;1H/q+1;/p-1/t22?,26-,31?;/m0./s1. The number of benzene rings is 2. The van der Waals surface area contributed by atoms with Crippen LogP contribution in [-0.4, -0.2) is 49.5 Å². The van der Waals surface area contributed by atoms with Crippen molar-refractivity contribution < 1.29 is 35.7 Å². The third-order valence-corrected chi connectivity index (χ3v) is 8.92. The maximum Gasteiger partial charge on any atom is 0.415 e. The number of ether oxygens (including phenoxy) is 2. The number of hydrogen-bond donors (Lipinski definition) is 0. The minimum absolute atomic E-state index is 0. The predicted molar refractivity (Wildman–Crippen MR) is 144 cm³/mol. The molecule has 6 rings (SSSR count). The number of halogens is 2. The second kappa shape index (κ2) is 12.6. The van der Waals surface area contributed by atoms with Crippen LogP contribution in [0.15, 0.2) is 76.6 Å². The summed E-state index contributed by atoms with van der Waals surface area (Å²) in [6.45, 7) is 5.56. The molecule has 3 saturated heterocycles. The molecule has 0 spiro atoms. The minimum Gasteiger partial charge on any atom is -1.00 e. The summed E-state index contributed by atoms with van der Waals surface area (Å²) in [6.07, 6.45) is 2.98. The Morgan fingerprint density at radius 1 is 1.00 bits per heavy atom. The van der Waals surface area contributed by atoms with Gasteiger partial charge in [0.25, 0.3) is 0 Å². The van der Waals surface area contributed by atoms with Crippen molar-refractivity contribution in [2.75, 3.05) is 37.7 Å². The summed E-state index contributed by atoms with van der Waals surface area (Å²) in [5.74, 6) is 1.39. The highest BCUT2D eigenvalue weighted by atomic mass is 79.9. The zero-order chi connectivity index (χ0) is 24.1. The quantitative estimate of drug-likeness (QED) is 0.266. The first kappa shape index (κ1) is 27.2. The van der Waals surface area contributed by atoms with Gasteiger partial charge in [0.05, 0.1) is 36.6 Å². The first-order valence-corrected chi connectivity index (χ1v) is 14.0. The van der Waals surface area contributed by atoms with E-state index in [4.69, 9.17) is 9.47 Å². The molecule has 0 radical (unpaired) electrons. The third kappa shape index (κ3) is 6.71. The van der Waals surface area contributed by atoms with E-state index >= 15 is 0 Å². The summed E-state index contributed by atoms with van der Waals surface area (Å²) < 4.78 is 14.3.